The fraction of sp³-hybridized carbons (Fsp3) is 0.516. The topological polar surface area (TPSA) is 192 Å². The molecule has 17 heteroatoms. The minimum atomic E-state index is -4.66. The van der Waals surface area contributed by atoms with Gasteiger partial charge in [0, 0.05) is 13.8 Å². The van der Waals surface area contributed by atoms with E-state index in [9.17, 15) is 18.9 Å². The third-order valence-electron chi connectivity index (χ3n) is 8.57. The Bertz CT molecular complexity index is 1710. The molecule has 48 heavy (non-hydrogen) atoms. The largest absolute Gasteiger partial charge is 0.464 e. The average Bonchev–Trinajstić information content (AvgIpc) is 3.29. The van der Waals surface area contributed by atoms with Gasteiger partial charge >= 0.3 is 25.7 Å². The molecule has 1 aromatic carbocycles. The van der Waals surface area contributed by atoms with Gasteiger partial charge in [-0.3, -0.25) is 18.9 Å². The molecule has 1 aliphatic carbocycles. The van der Waals surface area contributed by atoms with Crippen molar-refractivity contribution in [2.45, 2.75) is 83.0 Å². The van der Waals surface area contributed by atoms with Crippen molar-refractivity contribution < 1.29 is 51.3 Å². The van der Waals surface area contributed by atoms with Gasteiger partial charge in [0.2, 0.25) is 5.60 Å². The van der Waals surface area contributed by atoms with Crippen LogP contribution < -0.4 is 15.3 Å². The first-order valence-corrected chi connectivity index (χ1v) is 17.0. The van der Waals surface area contributed by atoms with Crippen molar-refractivity contribution in [3.05, 3.63) is 54.5 Å². The SMILES string of the molecule is CCC(CC)COC(=O)[C@H](C)N[P@@](=O)(Oc1ccccc1)OC1[C@@]2(CF)O[C@@H](c3ccc4c(N)ncnn34)[C@H](OC(C)=O)[C@@]12OC(C)=O. The smallest absolute Gasteiger partial charge is 0.459 e. The quantitative estimate of drug-likeness (QED) is 0.133. The first kappa shape index (κ1) is 35.2. The molecule has 2 fully saturated rings. The fourth-order valence-corrected chi connectivity index (χ4v) is 7.78. The molecular weight excluding hydrogens is 652 g/mol. The number of hydrogen-bond donors (Lipinski definition) is 2. The monoisotopic (exact) mass is 691 g/mol. The van der Waals surface area contributed by atoms with Gasteiger partial charge in [0.1, 0.15) is 36.4 Å². The number of fused-ring (bicyclic) bond motifs is 2. The average molecular weight is 692 g/mol. The highest BCUT2D eigenvalue weighted by atomic mass is 31.2. The Hall–Kier alpha value is -4.11. The summed E-state index contributed by atoms with van der Waals surface area (Å²) in [6.07, 6.45) is -1.66. The molecule has 1 unspecified atom stereocenters. The molecule has 0 spiro atoms. The first-order chi connectivity index (χ1) is 22.8. The second kappa shape index (κ2) is 13.8. The first-order valence-electron chi connectivity index (χ1n) is 15.5. The van der Waals surface area contributed by atoms with Gasteiger partial charge < -0.3 is 29.2 Å². The van der Waals surface area contributed by atoms with Gasteiger partial charge in [0.25, 0.3) is 0 Å². The molecule has 0 amide bonds. The fourth-order valence-electron chi connectivity index (χ4n) is 6.04. The highest BCUT2D eigenvalue weighted by Gasteiger charge is 2.94. The van der Waals surface area contributed by atoms with Crippen LogP contribution in [0.5, 0.6) is 5.75 Å². The van der Waals surface area contributed by atoms with E-state index in [-0.39, 0.29) is 29.8 Å². The minimum absolute atomic E-state index is 0.0832. The number of nitrogen functional groups attached to an aromatic ring is 1. The number of anilines is 1. The summed E-state index contributed by atoms with van der Waals surface area (Å²) < 4.78 is 66.2. The number of para-hydroxylation sites is 1. The maximum atomic E-state index is 15.4. The molecule has 0 radical (unpaired) electrons. The van der Waals surface area contributed by atoms with Crippen LogP contribution in [0.3, 0.4) is 0 Å². The van der Waals surface area contributed by atoms with Gasteiger partial charge in [-0.1, -0.05) is 44.9 Å². The molecule has 2 aromatic heterocycles. The molecule has 0 bridgehead atoms. The van der Waals surface area contributed by atoms with Crippen LogP contribution in [0.1, 0.15) is 59.3 Å². The normalized spacial score (nSPS) is 26.4. The predicted molar refractivity (Wildman–Crippen MR) is 167 cm³/mol. The highest BCUT2D eigenvalue weighted by Crippen LogP contribution is 2.71. The van der Waals surface area contributed by atoms with E-state index in [1.807, 2.05) is 13.8 Å². The van der Waals surface area contributed by atoms with Gasteiger partial charge in [-0.2, -0.15) is 10.2 Å². The summed E-state index contributed by atoms with van der Waals surface area (Å²) in [6.45, 7) is 6.35. The van der Waals surface area contributed by atoms with Crippen molar-refractivity contribution in [2.24, 2.45) is 5.92 Å². The number of nitrogens with two attached hydrogens (primary N) is 1. The number of esters is 3. The summed E-state index contributed by atoms with van der Waals surface area (Å²) in [7, 11) is -4.66. The molecule has 260 valence electrons. The van der Waals surface area contributed by atoms with Crippen molar-refractivity contribution in [1.29, 1.82) is 0 Å². The lowest BCUT2D eigenvalue weighted by Crippen LogP contribution is -2.43. The molecule has 3 aromatic rings. The van der Waals surface area contributed by atoms with E-state index >= 15 is 4.39 Å². The minimum Gasteiger partial charge on any atom is -0.464 e. The zero-order valence-corrected chi connectivity index (χ0v) is 28.1. The van der Waals surface area contributed by atoms with Crippen molar-refractivity contribution in [2.75, 3.05) is 19.0 Å². The molecule has 15 nitrogen and oxygen atoms in total. The number of alkyl halides is 1. The lowest BCUT2D eigenvalue weighted by Gasteiger charge is -2.30. The van der Waals surface area contributed by atoms with Crippen molar-refractivity contribution in [3.63, 3.8) is 0 Å². The zero-order valence-electron chi connectivity index (χ0n) is 27.2. The molecule has 2 aliphatic rings. The maximum Gasteiger partial charge on any atom is 0.459 e. The lowest BCUT2D eigenvalue weighted by atomic mass is 10.0. The van der Waals surface area contributed by atoms with Crippen molar-refractivity contribution >= 4 is 37.0 Å². The molecular formula is C31H39FN5O10P. The number of nitrogens with one attached hydrogen (secondary N) is 1. The van der Waals surface area contributed by atoms with Crippen LogP contribution in [0.2, 0.25) is 0 Å². The van der Waals surface area contributed by atoms with E-state index in [1.165, 1.54) is 29.9 Å². The van der Waals surface area contributed by atoms with Crippen molar-refractivity contribution in [1.82, 2.24) is 19.7 Å². The predicted octanol–water partition coefficient (Wildman–Crippen LogP) is 3.87. The number of benzene rings is 1. The Morgan fingerprint density at radius 2 is 1.83 bits per heavy atom. The van der Waals surface area contributed by atoms with Gasteiger partial charge in [-0.25, -0.2) is 18.5 Å². The molecule has 3 N–H and O–H groups in total. The number of hydrogen-bond acceptors (Lipinski definition) is 13. The number of carbonyl (C=O) groups excluding carboxylic acids is 3. The number of rotatable bonds is 15. The van der Waals surface area contributed by atoms with E-state index in [0.717, 1.165) is 26.7 Å². The zero-order chi connectivity index (χ0) is 34.9. The Balaban J connectivity index is 1.52. The van der Waals surface area contributed by atoms with Crippen LogP contribution in [-0.4, -0.2) is 75.2 Å². The van der Waals surface area contributed by atoms with E-state index in [2.05, 4.69) is 15.2 Å². The molecule has 7 atom stereocenters. The summed E-state index contributed by atoms with van der Waals surface area (Å²) in [4.78, 5) is 42.0. The summed E-state index contributed by atoms with van der Waals surface area (Å²) in [5.74, 6) is -2.09. The number of halogens is 1. The third kappa shape index (κ3) is 6.37. The lowest BCUT2D eigenvalue weighted by molar-refractivity contribution is -0.174. The maximum absolute atomic E-state index is 15.4. The second-order valence-corrected chi connectivity index (χ2v) is 13.4. The van der Waals surface area contributed by atoms with Gasteiger partial charge in [0.05, 0.1) is 12.3 Å². The third-order valence-corrected chi connectivity index (χ3v) is 10.2. The van der Waals surface area contributed by atoms with Crippen LogP contribution in [0.4, 0.5) is 10.2 Å². The van der Waals surface area contributed by atoms with Gasteiger partial charge in [-0.05, 0) is 37.1 Å². The Morgan fingerprint density at radius 1 is 1.12 bits per heavy atom. The molecule has 1 saturated carbocycles. The van der Waals surface area contributed by atoms with Crippen LogP contribution in [0, 0.1) is 5.92 Å². The molecule has 1 aliphatic heterocycles. The molecule has 3 heterocycles. The van der Waals surface area contributed by atoms with Crippen LogP contribution in [0.25, 0.3) is 5.52 Å². The van der Waals surface area contributed by atoms with Crippen LogP contribution in [-0.2, 0) is 42.4 Å². The van der Waals surface area contributed by atoms with E-state index < -0.39 is 67.9 Å². The van der Waals surface area contributed by atoms with Crippen LogP contribution >= 0.6 is 7.75 Å². The summed E-state index contributed by atoms with van der Waals surface area (Å²) in [6, 6.07) is 9.85. The van der Waals surface area contributed by atoms with Crippen LogP contribution in [0.15, 0.2) is 48.8 Å². The van der Waals surface area contributed by atoms with E-state index in [0.29, 0.717) is 5.52 Å². The second-order valence-electron chi connectivity index (χ2n) is 11.7. The molecule has 1 saturated heterocycles. The van der Waals surface area contributed by atoms with Gasteiger partial charge in [-0.15, -0.1) is 0 Å². The number of aromatic nitrogens is 3. The number of nitrogens with zero attached hydrogens (tertiary/aromatic N) is 3. The molecule has 5 rings (SSSR count). The van der Waals surface area contributed by atoms with Crippen molar-refractivity contribution in [3.8, 4) is 5.75 Å². The Morgan fingerprint density at radius 3 is 2.46 bits per heavy atom. The summed E-state index contributed by atoms with van der Waals surface area (Å²) >= 11 is 0. The highest BCUT2D eigenvalue weighted by molar-refractivity contribution is 7.52. The van der Waals surface area contributed by atoms with E-state index in [1.54, 1.807) is 30.3 Å². The number of ether oxygens (including phenoxy) is 4. The van der Waals surface area contributed by atoms with Gasteiger partial charge in [0.15, 0.2) is 23.6 Å². The Labute approximate surface area is 276 Å². The summed E-state index contributed by atoms with van der Waals surface area (Å²) in [5, 5.41) is 6.77. The summed E-state index contributed by atoms with van der Waals surface area (Å²) in [5.41, 5.74) is 2.36. The number of carbonyl (C=O) groups is 3. The van der Waals surface area contributed by atoms with E-state index in [4.69, 9.17) is 33.7 Å². The Kier molecular flexibility index (Phi) is 10.1. The standard InChI is InChI=1S/C31H39FN5O10P/c1-6-21(7-2)15-42-28(40)18(3)36-48(41,46-22-11-9-8-10-12-22)47-29-30(16-32)31(29,44-20(5)39)26(43-19(4)38)25(45-30)23-13-14-24-27(33)34-17-35-37(23)24/h8-14,17-18,21,25-26,29H,6-7,15-16H2,1-5H3,(H,36,41)(H2,33,34,35)/t18-,25-,26-,29?,30+,31+,48+/m0/s1.